The predicted octanol–water partition coefficient (Wildman–Crippen LogP) is 3.41. The van der Waals surface area contributed by atoms with E-state index in [1.165, 1.54) is 12.1 Å². The molecular formula is C14H13F3N4. The van der Waals surface area contributed by atoms with Crippen LogP contribution in [0.25, 0.3) is 0 Å². The molecule has 4 nitrogen and oxygen atoms in total. The second-order valence-corrected chi connectivity index (χ2v) is 4.43. The molecule has 0 bridgehead atoms. The van der Waals surface area contributed by atoms with E-state index in [-0.39, 0.29) is 17.8 Å². The van der Waals surface area contributed by atoms with Crippen molar-refractivity contribution in [2.45, 2.75) is 26.2 Å². The SMILES string of the molecule is CCn1cc(CNc2ccc(C#N)cc2C(F)(F)F)cn1. The normalized spacial score (nSPS) is 11.2. The molecule has 0 aliphatic rings. The topological polar surface area (TPSA) is 53.6 Å². The van der Waals surface area contributed by atoms with Crippen molar-refractivity contribution in [2.24, 2.45) is 0 Å². The molecule has 0 spiro atoms. The van der Waals surface area contributed by atoms with E-state index >= 15 is 0 Å². The molecule has 2 aromatic rings. The molecule has 1 aromatic carbocycles. The van der Waals surface area contributed by atoms with Crippen LogP contribution in [0.1, 0.15) is 23.6 Å². The Balaban J connectivity index is 2.21. The highest BCUT2D eigenvalue weighted by atomic mass is 19.4. The fraction of sp³-hybridized carbons (Fsp3) is 0.286. The number of rotatable bonds is 4. The number of alkyl halides is 3. The number of aromatic nitrogens is 2. The quantitative estimate of drug-likeness (QED) is 0.940. The van der Waals surface area contributed by atoms with E-state index in [0.29, 0.717) is 6.54 Å². The number of nitrogens with zero attached hydrogens (tertiary/aromatic N) is 3. The first-order chi connectivity index (χ1) is 9.94. The smallest absolute Gasteiger partial charge is 0.380 e. The summed E-state index contributed by atoms with van der Waals surface area (Å²) in [6.07, 6.45) is -1.14. The Morgan fingerprint density at radius 3 is 2.71 bits per heavy atom. The minimum Gasteiger partial charge on any atom is -0.380 e. The maximum atomic E-state index is 13.0. The van der Waals surface area contributed by atoms with Crippen LogP contribution in [0.2, 0.25) is 0 Å². The fourth-order valence-corrected chi connectivity index (χ4v) is 1.87. The van der Waals surface area contributed by atoms with Crippen molar-refractivity contribution in [2.75, 3.05) is 5.32 Å². The Hall–Kier alpha value is -2.49. The Kier molecular flexibility index (Phi) is 4.17. The summed E-state index contributed by atoms with van der Waals surface area (Å²) >= 11 is 0. The number of anilines is 1. The highest BCUT2D eigenvalue weighted by Crippen LogP contribution is 2.35. The van der Waals surface area contributed by atoms with E-state index < -0.39 is 11.7 Å². The van der Waals surface area contributed by atoms with E-state index in [4.69, 9.17) is 5.26 Å². The number of hydrogen-bond acceptors (Lipinski definition) is 3. The van der Waals surface area contributed by atoms with Crippen LogP contribution < -0.4 is 5.32 Å². The number of benzene rings is 1. The first-order valence-corrected chi connectivity index (χ1v) is 6.30. The number of hydrogen-bond donors (Lipinski definition) is 1. The van der Waals surface area contributed by atoms with Crippen LogP contribution in [0.15, 0.2) is 30.6 Å². The Bertz CT molecular complexity index is 668. The molecule has 1 N–H and O–H groups in total. The zero-order chi connectivity index (χ0) is 15.5. The van der Waals surface area contributed by atoms with E-state index in [2.05, 4.69) is 10.4 Å². The molecule has 0 aliphatic carbocycles. The summed E-state index contributed by atoms with van der Waals surface area (Å²) in [5, 5.41) is 15.5. The van der Waals surface area contributed by atoms with Crippen molar-refractivity contribution in [3.63, 3.8) is 0 Å². The zero-order valence-electron chi connectivity index (χ0n) is 11.3. The molecule has 1 heterocycles. The minimum atomic E-state index is -4.51. The maximum Gasteiger partial charge on any atom is 0.418 e. The van der Waals surface area contributed by atoms with E-state index in [1.807, 2.05) is 6.92 Å². The molecular weight excluding hydrogens is 281 g/mol. The van der Waals surface area contributed by atoms with Crippen molar-refractivity contribution >= 4 is 5.69 Å². The van der Waals surface area contributed by atoms with Crippen LogP contribution in [-0.2, 0) is 19.3 Å². The summed E-state index contributed by atoms with van der Waals surface area (Å²) in [7, 11) is 0. The fourth-order valence-electron chi connectivity index (χ4n) is 1.87. The molecule has 110 valence electrons. The second kappa shape index (κ2) is 5.87. The predicted molar refractivity (Wildman–Crippen MR) is 71.4 cm³/mol. The van der Waals surface area contributed by atoms with Gasteiger partial charge in [0, 0.05) is 30.5 Å². The third kappa shape index (κ3) is 3.54. The van der Waals surface area contributed by atoms with Gasteiger partial charge in [-0.2, -0.15) is 23.5 Å². The van der Waals surface area contributed by atoms with Crippen LogP contribution in [0.5, 0.6) is 0 Å². The van der Waals surface area contributed by atoms with Crippen molar-refractivity contribution < 1.29 is 13.2 Å². The van der Waals surface area contributed by atoms with Gasteiger partial charge >= 0.3 is 6.18 Å². The van der Waals surface area contributed by atoms with E-state index in [1.54, 1.807) is 23.1 Å². The van der Waals surface area contributed by atoms with Crippen molar-refractivity contribution in [3.05, 3.63) is 47.3 Å². The summed E-state index contributed by atoms with van der Waals surface area (Å²) in [5.74, 6) is 0. The average molecular weight is 294 g/mol. The lowest BCUT2D eigenvalue weighted by atomic mass is 10.1. The van der Waals surface area contributed by atoms with Crippen molar-refractivity contribution in [1.29, 1.82) is 5.26 Å². The van der Waals surface area contributed by atoms with Crippen molar-refractivity contribution in [1.82, 2.24) is 9.78 Å². The second-order valence-electron chi connectivity index (χ2n) is 4.43. The molecule has 1 aromatic heterocycles. The van der Waals surface area contributed by atoms with Crippen LogP contribution in [0.3, 0.4) is 0 Å². The number of nitrogens with one attached hydrogen (secondary N) is 1. The monoisotopic (exact) mass is 294 g/mol. The average Bonchev–Trinajstić information content (AvgIpc) is 2.92. The summed E-state index contributed by atoms with van der Waals surface area (Å²) in [5.41, 5.74) is -0.129. The molecule has 0 amide bonds. The third-order valence-electron chi connectivity index (χ3n) is 2.95. The molecule has 21 heavy (non-hydrogen) atoms. The number of nitriles is 1. The summed E-state index contributed by atoms with van der Waals surface area (Å²) in [6, 6.07) is 5.18. The van der Waals surface area contributed by atoms with Crippen LogP contribution in [-0.4, -0.2) is 9.78 Å². The first-order valence-electron chi connectivity index (χ1n) is 6.30. The molecule has 7 heteroatoms. The van der Waals surface area contributed by atoms with Crippen LogP contribution in [0.4, 0.5) is 18.9 Å². The Morgan fingerprint density at radius 2 is 2.14 bits per heavy atom. The first kappa shape index (κ1) is 14.9. The summed E-state index contributed by atoms with van der Waals surface area (Å²) in [4.78, 5) is 0. The van der Waals surface area contributed by atoms with Gasteiger partial charge in [0.15, 0.2) is 0 Å². The van der Waals surface area contributed by atoms with Gasteiger partial charge in [-0.25, -0.2) is 0 Å². The van der Waals surface area contributed by atoms with E-state index in [0.717, 1.165) is 11.6 Å². The van der Waals surface area contributed by atoms with Gasteiger partial charge in [-0.1, -0.05) is 0 Å². The summed E-state index contributed by atoms with van der Waals surface area (Å²) in [6.45, 7) is 2.85. The molecule has 0 atom stereocenters. The van der Waals surface area contributed by atoms with Crippen LogP contribution in [0, 0.1) is 11.3 Å². The van der Waals surface area contributed by atoms with Crippen molar-refractivity contribution in [3.8, 4) is 6.07 Å². The standard InChI is InChI=1S/C14H13F3N4/c1-2-21-9-11(8-20-21)7-19-13-4-3-10(6-18)5-12(13)14(15,16)17/h3-5,8-9,19H,2,7H2,1H3. The lowest BCUT2D eigenvalue weighted by Gasteiger charge is -2.14. The van der Waals surface area contributed by atoms with Crippen LogP contribution >= 0.6 is 0 Å². The molecule has 0 saturated carbocycles. The van der Waals surface area contributed by atoms with Gasteiger partial charge in [0.1, 0.15) is 0 Å². The largest absolute Gasteiger partial charge is 0.418 e. The van der Waals surface area contributed by atoms with Gasteiger partial charge in [-0.05, 0) is 25.1 Å². The summed E-state index contributed by atoms with van der Waals surface area (Å²) < 4.78 is 40.6. The lowest BCUT2D eigenvalue weighted by Crippen LogP contribution is -2.11. The third-order valence-corrected chi connectivity index (χ3v) is 2.95. The maximum absolute atomic E-state index is 13.0. The highest BCUT2D eigenvalue weighted by Gasteiger charge is 2.33. The van der Waals surface area contributed by atoms with Gasteiger partial charge in [0.25, 0.3) is 0 Å². The van der Waals surface area contributed by atoms with E-state index in [9.17, 15) is 13.2 Å². The zero-order valence-corrected chi connectivity index (χ0v) is 11.3. The Labute approximate surface area is 119 Å². The van der Waals surface area contributed by atoms with Gasteiger partial charge in [-0.3, -0.25) is 4.68 Å². The molecule has 0 saturated heterocycles. The highest BCUT2D eigenvalue weighted by molar-refractivity contribution is 5.56. The minimum absolute atomic E-state index is 0.0216. The van der Waals surface area contributed by atoms with Gasteiger partial charge in [0.2, 0.25) is 0 Å². The number of aryl methyl sites for hydroxylation is 1. The Morgan fingerprint density at radius 1 is 1.38 bits per heavy atom. The molecule has 0 radical (unpaired) electrons. The lowest BCUT2D eigenvalue weighted by molar-refractivity contribution is -0.137. The molecule has 0 aliphatic heterocycles. The molecule has 2 rings (SSSR count). The van der Waals surface area contributed by atoms with Gasteiger partial charge in [-0.15, -0.1) is 0 Å². The number of halogens is 3. The molecule has 0 fully saturated rings. The van der Waals surface area contributed by atoms with Gasteiger partial charge in [0.05, 0.1) is 23.4 Å². The van der Waals surface area contributed by atoms with Gasteiger partial charge < -0.3 is 5.32 Å². The molecule has 0 unspecified atom stereocenters.